The maximum atomic E-state index is 13.9. The van der Waals surface area contributed by atoms with E-state index in [0.29, 0.717) is 23.4 Å². The second-order valence-corrected chi connectivity index (χ2v) is 8.30. The summed E-state index contributed by atoms with van der Waals surface area (Å²) < 4.78 is 18.3. The number of hydrogen-bond acceptors (Lipinski definition) is 4. The summed E-state index contributed by atoms with van der Waals surface area (Å²) in [6, 6.07) is 16.0. The summed E-state index contributed by atoms with van der Waals surface area (Å²) in [5.41, 5.74) is 4.75. The highest BCUT2D eigenvalue weighted by Gasteiger charge is 2.20. The molecule has 5 heteroatoms. The molecule has 0 unspecified atom stereocenters. The van der Waals surface area contributed by atoms with Crippen LogP contribution >= 0.6 is 0 Å². The minimum Gasteiger partial charge on any atom is -0.497 e. The van der Waals surface area contributed by atoms with Crippen molar-refractivity contribution in [2.24, 2.45) is 0 Å². The van der Waals surface area contributed by atoms with Gasteiger partial charge in [0.05, 0.1) is 38.8 Å². The van der Waals surface area contributed by atoms with Gasteiger partial charge < -0.3 is 18.8 Å². The number of pyridine rings is 1. The van der Waals surface area contributed by atoms with Crippen LogP contribution in [0.1, 0.15) is 29.5 Å². The van der Waals surface area contributed by atoms with Crippen molar-refractivity contribution in [1.82, 2.24) is 4.57 Å². The van der Waals surface area contributed by atoms with Crippen LogP contribution in [0.15, 0.2) is 53.3 Å². The Labute approximate surface area is 187 Å². The molecule has 5 nitrogen and oxygen atoms in total. The second kappa shape index (κ2) is 8.23. The van der Waals surface area contributed by atoms with E-state index in [2.05, 4.69) is 12.1 Å². The molecule has 32 heavy (non-hydrogen) atoms. The van der Waals surface area contributed by atoms with Gasteiger partial charge in [0.25, 0.3) is 5.56 Å². The van der Waals surface area contributed by atoms with Crippen molar-refractivity contribution < 1.29 is 14.2 Å². The largest absolute Gasteiger partial charge is 0.497 e. The molecule has 1 aliphatic carbocycles. The molecule has 3 aromatic carbocycles. The lowest BCUT2D eigenvalue weighted by Gasteiger charge is -2.22. The van der Waals surface area contributed by atoms with Gasteiger partial charge in [-0.1, -0.05) is 24.3 Å². The molecule has 0 fully saturated rings. The van der Waals surface area contributed by atoms with Gasteiger partial charge in [0.2, 0.25) is 0 Å². The number of nitrogens with zero attached hydrogens (tertiary/aromatic N) is 1. The normalized spacial score (nSPS) is 13.2. The Morgan fingerprint density at radius 2 is 1.47 bits per heavy atom. The molecule has 0 radical (unpaired) electrons. The lowest BCUT2D eigenvalue weighted by Crippen LogP contribution is -2.23. The molecule has 1 aliphatic rings. The van der Waals surface area contributed by atoms with Crippen LogP contribution in [-0.4, -0.2) is 25.9 Å². The van der Waals surface area contributed by atoms with E-state index in [4.69, 9.17) is 14.2 Å². The number of methoxy groups -OCH3 is 3. The summed E-state index contributed by atoms with van der Waals surface area (Å²) in [5, 5.41) is 2.62. The molecule has 0 saturated heterocycles. The van der Waals surface area contributed by atoms with Gasteiger partial charge in [-0.15, -0.1) is 0 Å². The van der Waals surface area contributed by atoms with Crippen LogP contribution in [0.4, 0.5) is 0 Å². The van der Waals surface area contributed by atoms with Gasteiger partial charge in [-0.05, 0) is 66.6 Å². The molecule has 0 aliphatic heterocycles. The van der Waals surface area contributed by atoms with Crippen molar-refractivity contribution in [3.63, 3.8) is 0 Å². The fraction of sp³-hybridized carbons (Fsp3) is 0.296. The Hall–Kier alpha value is -3.47. The number of rotatable bonds is 5. The van der Waals surface area contributed by atoms with Gasteiger partial charge in [-0.2, -0.15) is 0 Å². The van der Waals surface area contributed by atoms with Crippen LogP contribution in [0.25, 0.3) is 21.7 Å². The number of aryl methyl sites for hydroxylation is 2. The summed E-state index contributed by atoms with van der Waals surface area (Å²) in [5.74, 6) is 2.00. The maximum absolute atomic E-state index is 13.9. The fourth-order valence-electron chi connectivity index (χ4n) is 4.92. The second-order valence-electron chi connectivity index (χ2n) is 8.30. The zero-order valence-corrected chi connectivity index (χ0v) is 18.7. The topological polar surface area (TPSA) is 49.7 Å². The summed E-state index contributed by atoms with van der Waals surface area (Å²) in [6.07, 6.45) is 4.39. The first-order valence-corrected chi connectivity index (χ1v) is 11.0. The summed E-state index contributed by atoms with van der Waals surface area (Å²) in [6.45, 7) is 0.500. The molecular formula is C27H27NO4. The zero-order valence-electron chi connectivity index (χ0n) is 18.7. The van der Waals surface area contributed by atoms with E-state index in [-0.39, 0.29) is 5.56 Å². The van der Waals surface area contributed by atoms with E-state index in [1.165, 1.54) is 17.5 Å². The van der Waals surface area contributed by atoms with E-state index in [0.717, 1.165) is 46.9 Å². The fourth-order valence-corrected chi connectivity index (χ4v) is 4.92. The minimum atomic E-state index is -0.0109. The van der Waals surface area contributed by atoms with Crippen LogP contribution in [0.5, 0.6) is 17.2 Å². The van der Waals surface area contributed by atoms with Crippen LogP contribution in [-0.2, 0) is 19.4 Å². The van der Waals surface area contributed by atoms with E-state index in [9.17, 15) is 4.79 Å². The van der Waals surface area contributed by atoms with Crippen LogP contribution in [0, 0.1) is 0 Å². The first kappa shape index (κ1) is 20.4. The van der Waals surface area contributed by atoms with Crippen LogP contribution < -0.4 is 19.8 Å². The Balaban J connectivity index is 1.84. The quantitative estimate of drug-likeness (QED) is 0.414. The lowest BCUT2D eigenvalue weighted by molar-refractivity contribution is 0.356. The number of ether oxygens (including phenoxy) is 3. The van der Waals surface area contributed by atoms with Crippen molar-refractivity contribution in [1.29, 1.82) is 0 Å². The van der Waals surface area contributed by atoms with Crippen LogP contribution in [0.3, 0.4) is 0 Å². The summed E-state index contributed by atoms with van der Waals surface area (Å²) in [4.78, 5) is 13.9. The standard InChI is InChI=1S/C27H27NO4/c1-30-19-11-8-17(9-12-19)16-28-26-20-7-5-4-6-18(20)10-13-21(26)22-14-24(31-2)25(32-3)15-23(22)27(28)29/h8-15H,4-7,16H2,1-3H3. The van der Waals surface area contributed by atoms with E-state index in [1.807, 2.05) is 34.9 Å². The highest BCUT2D eigenvalue weighted by Crippen LogP contribution is 2.37. The predicted octanol–water partition coefficient (Wildman–Crippen LogP) is 5.11. The maximum Gasteiger partial charge on any atom is 0.259 e. The van der Waals surface area contributed by atoms with Gasteiger partial charge in [0.1, 0.15) is 5.75 Å². The minimum absolute atomic E-state index is 0.0109. The highest BCUT2D eigenvalue weighted by atomic mass is 16.5. The highest BCUT2D eigenvalue weighted by molar-refractivity contribution is 6.08. The van der Waals surface area contributed by atoms with E-state index < -0.39 is 0 Å². The molecule has 0 N–H and O–H groups in total. The summed E-state index contributed by atoms with van der Waals surface area (Å²) >= 11 is 0. The Morgan fingerprint density at radius 1 is 0.781 bits per heavy atom. The third-order valence-electron chi connectivity index (χ3n) is 6.56. The molecule has 4 aromatic rings. The Kier molecular flexibility index (Phi) is 5.25. The van der Waals surface area contributed by atoms with Crippen molar-refractivity contribution in [2.75, 3.05) is 21.3 Å². The molecule has 0 atom stereocenters. The number of aromatic nitrogens is 1. The van der Waals surface area contributed by atoms with Gasteiger partial charge in [-0.3, -0.25) is 4.79 Å². The number of benzene rings is 3. The molecule has 0 bridgehead atoms. The smallest absolute Gasteiger partial charge is 0.259 e. The first-order valence-electron chi connectivity index (χ1n) is 11.0. The van der Waals surface area contributed by atoms with Crippen molar-refractivity contribution in [3.8, 4) is 17.2 Å². The van der Waals surface area contributed by atoms with E-state index >= 15 is 0 Å². The average molecular weight is 430 g/mol. The first-order chi connectivity index (χ1) is 15.6. The molecular weight excluding hydrogens is 402 g/mol. The SMILES string of the molecule is COc1ccc(Cn2c(=O)c3cc(OC)c(OC)cc3c3ccc4c(c32)CCCC4)cc1. The van der Waals surface area contributed by atoms with E-state index in [1.54, 1.807) is 27.4 Å². The lowest BCUT2D eigenvalue weighted by atomic mass is 9.88. The van der Waals surface area contributed by atoms with Gasteiger partial charge in [0, 0.05) is 10.8 Å². The molecule has 0 amide bonds. The predicted molar refractivity (Wildman–Crippen MR) is 128 cm³/mol. The number of fused-ring (bicyclic) bond motifs is 5. The van der Waals surface area contributed by atoms with Crippen LogP contribution in [0.2, 0.25) is 0 Å². The molecule has 0 saturated carbocycles. The van der Waals surface area contributed by atoms with Crippen molar-refractivity contribution >= 4 is 21.7 Å². The third-order valence-corrected chi connectivity index (χ3v) is 6.56. The molecule has 5 rings (SSSR count). The van der Waals surface area contributed by atoms with Gasteiger partial charge in [-0.25, -0.2) is 0 Å². The van der Waals surface area contributed by atoms with Crippen molar-refractivity contribution in [2.45, 2.75) is 32.2 Å². The third kappa shape index (κ3) is 3.29. The summed E-state index contributed by atoms with van der Waals surface area (Å²) in [7, 11) is 4.87. The molecule has 164 valence electrons. The molecule has 0 spiro atoms. The van der Waals surface area contributed by atoms with Crippen molar-refractivity contribution in [3.05, 3.63) is 75.6 Å². The molecule has 1 heterocycles. The zero-order chi connectivity index (χ0) is 22.2. The Morgan fingerprint density at radius 3 is 2.16 bits per heavy atom. The Bertz CT molecular complexity index is 1370. The average Bonchev–Trinajstić information content (AvgIpc) is 2.85. The van der Waals surface area contributed by atoms with Gasteiger partial charge >= 0.3 is 0 Å². The monoisotopic (exact) mass is 429 g/mol. The molecule has 1 aromatic heterocycles. The number of hydrogen-bond donors (Lipinski definition) is 0. The van der Waals surface area contributed by atoms with Gasteiger partial charge in [0.15, 0.2) is 11.5 Å².